The third-order valence-electron chi connectivity index (χ3n) is 9.59. The smallest absolute Gasteiger partial charge is 0.228 e. The predicted molar refractivity (Wildman–Crippen MR) is 119 cm³/mol. The summed E-state index contributed by atoms with van der Waals surface area (Å²) >= 11 is 0. The summed E-state index contributed by atoms with van der Waals surface area (Å²) in [6.07, 6.45) is 8.43. The number of amides is 2. The van der Waals surface area contributed by atoms with E-state index in [1.165, 1.54) is 12.8 Å². The lowest BCUT2D eigenvalue weighted by molar-refractivity contribution is -0.140. The average Bonchev–Trinajstić information content (AvgIpc) is 3.07. The van der Waals surface area contributed by atoms with E-state index in [2.05, 4.69) is 24.5 Å². The van der Waals surface area contributed by atoms with E-state index in [0.29, 0.717) is 35.9 Å². The monoisotopic (exact) mass is 409 g/mol. The van der Waals surface area contributed by atoms with E-state index in [1.807, 2.05) is 24.3 Å². The number of benzene rings is 1. The van der Waals surface area contributed by atoms with Gasteiger partial charge >= 0.3 is 0 Å². The second-order valence-electron chi connectivity index (χ2n) is 10.9. The quantitative estimate of drug-likeness (QED) is 0.635. The first-order chi connectivity index (χ1) is 14.3. The third kappa shape index (κ3) is 2.96. The van der Waals surface area contributed by atoms with Crippen LogP contribution in [0.2, 0.25) is 0 Å². The summed E-state index contributed by atoms with van der Waals surface area (Å²) in [5, 5.41) is 6.46. The molecule has 30 heavy (non-hydrogen) atoms. The van der Waals surface area contributed by atoms with E-state index in [1.54, 1.807) is 0 Å². The highest BCUT2D eigenvalue weighted by Crippen LogP contribution is 2.65. The van der Waals surface area contributed by atoms with Crippen molar-refractivity contribution in [3.8, 4) is 0 Å². The first-order valence-corrected chi connectivity index (χ1v) is 11.8. The topological polar surface area (TPSA) is 84.2 Å². The minimum Gasteiger partial charge on any atom is -0.399 e. The summed E-state index contributed by atoms with van der Waals surface area (Å²) < 4.78 is 0. The average molecular weight is 410 g/mol. The molecule has 4 aliphatic rings. The normalized spacial score (nSPS) is 42.5. The van der Waals surface area contributed by atoms with Crippen LogP contribution in [0.3, 0.4) is 0 Å². The molecule has 0 bridgehead atoms. The highest BCUT2D eigenvalue weighted by atomic mass is 16.2. The summed E-state index contributed by atoms with van der Waals surface area (Å²) in [5.74, 6) is 2.47. The Kier molecular flexibility index (Phi) is 4.64. The van der Waals surface area contributed by atoms with Crippen molar-refractivity contribution in [2.75, 3.05) is 11.1 Å². The third-order valence-corrected chi connectivity index (χ3v) is 9.59. The maximum absolute atomic E-state index is 13.3. The molecule has 1 aromatic carbocycles. The van der Waals surface area contributed by atoms with Crippen LogP contribution in [0.15, 0.2) is 24.3 Å². The van der Waals surface area contributed by atoms with Crippen LogP contribution in [0, 0.1) is 34.5 Å². The molecule has 1 aliphatic heterocycles. The van der Waals surface area contributed by atoms with Gasteiger partial charge in [0.15, 0.2) is 0 Å². The second-order valence-corrected chi connectivity index (χ2v) is 10.9. The molecular weight excluding hydrogens is 374 g/mol. The molecule has 3 saturated carbocycles. The Morgan fingerprint density at radius 1 is 1.00 bits per heavy atom. The molecule has 0 spiro atoms. The van der Waals surface area contributed by atoms with Gasteiger partial charge in [0, 0.05) is 29.8 Å². The van der Waals surface area contributed by atoms with Gasteiger partial charge in [-0.05, 0) is 97.8 Å². The summed E-state index contributed by atoms with van der Waals surface area (Å²) in [6.45, 7) is 4.81. The van der Waals surface area contributed by atoms with Crippen LogP contribution in [0.5, 0.6) is 0 Å². The SMILES string of the molecule is C[C@]12CCC(=O)N[C@@H]1CC[C@@H]1[C@@H]2CC[C@]2(C)[C@@H](C(=O)Nc3ccc(N)cc3)CC[C@@H]12. The van der Waals surface area contributed by atoms with Crippen molar-refractivity contribution in [3.63, 3.8) is 0 Å². The minimum absolute atomic E-state index is 0.0811. The number of hydrogen-bond acceptors (Lipinski definition) is 3. The molecule has 5 rings (SSSR count). The van der Waals surface area contributed by atoms with Crippen molar-refractivity contribution >= 4 is 23.2 Å². The van der Waals surface area contributed by atoms with Gasteiger partial charge in [-0.2, -0.15) is 0 Å². The van der Waals surface area contributed by atoms with Crippen LogP contribution in [0.25, 0.3) is 0 Å². The Bertz CT molecular complexity index is 852. The van der Waals surface area contributed by atoms with Gasteiger partial charge in [-0.25, -0.2) is 0 Å². The molecule has 2 amide bonds. The van der Waals surface area contributed by atoms with Crippen molar-refractivity contribution in [1.29, 1.82) is 0 Å². The molecule has 0 aromatic heterocycles. The number of hydrogen-bond donors (Lipinski definition) is 3. The Morgan fingerprint density at radius 2 is 1.73 bits per heavy atom. The lowest BCUT2D eigenvalue weighted by Crippen LogP contribution is -2.61. The van der Waals surface area contributed by atoms with Gasteiger partial charge in [0.25, 0.3) is 0 Å². The molecule has 0 unspecified atom stereocenters. The van der Waals surface area contributed by atoms with Crippen LogP contribution in [0.4, 0.5) is 11.4 Å². The number of nitrogen functional groups attached to an aromatic ring is 1. The van der Waals surface area contributed by atoms with Gasteiger partial charge in [-0.15, -0.1) is 0 Å². The fraction of sp³-hybridized carbons (Fsp3) is 0.680. The van der Waals surface area contributed by atoms with Crippen LogP contribution in [0.1, 0.15) is 65.2 Å². The molecule has 4 N–H and O–H groups in total. The Hall–Kier alpha value is -2.04. The largest absolute Gasteiger partial charge is 0.399 e. The molecule has 7 atom stereocenters. The number of nitrogens with two attached hydrogens (primary N) is 1. The van der Waals surface area contributed by atoms with Gasteiger partial charge in [-0.3, -0.25) is 9.59 Å². The minimum atomic E-state index is 0.0811. The number of carbonyl (C=O) groups is 2. The van der Waals surface area contributed by atoms with E-state index in [0.717, 1.165) is 37.8 Å². The maximum Gasteiger partial charge on any atom is 0.228 e. The highest BCUT2D eigenvalue weighted by Gasteiger charge is 2.61. The molecular formula is C25H35N3O2. The lowest BCUT2D eigenvalue weighted by Gasteiger charge is -2.60. The van der Waals surface area contributed by atoms with Gasteiger partial charge in [-0.1, -0.05) is 13.8 Å². The van der Waals surface area contributed by atoms with E-state index in [-0.39, 0.29) is 28.6 Å². The van der Waals surface area contributed by atoms with E-state index < -0.39 is 0 Å². The number of carbonyl (C=O) groups excluding carboxylic acids is 2. The fourth-order valence-electron chi connectivity index (χ4n) is 7.93. The summed E-state index contributed by atoms with van der Waals surface area (Å²) in [5.41, 5.74) is 7.63. The van der Waals surface area contributed by atoms with Crippen molar-refractivity contribution in [3.05, 3.63) is 24.3 Å². The fourth-order valence-corrected chi connectivity index (χ4v) is 7.93. The lowest BCUT2D eigenvalue weighted by atomic mass is 9.47. The van der Waals surface area contributed by atoms with Crippen LogP contribution >= 0.6 is 0 Å². The summed E-state index contributed by atoms with van der Waals surface area (Å²) in [4.78, 5) is 25.2. The Morgan fingerprint density at radius 3 is 2.50 bits per heavy atom. The van der Waals surface area contributed by atoms with Crippen molar-refractivity contribution in [2.24, 2.45) is 34.5 Å². The maximum atomic E-state index is 13.3. The predicted octanol–water partition coefficient (Wildman–Crippen LogP) is 4.34. The van der Waals surface area contributed by atoms with Gasteiger partial charge < -0.3 is 16.4 Å². The first kappa shape index (κ1) is 19.9. The zero-order valence-corrected chi connectivity index (χ0v) is 18.2. The van der Waals surface area contributed by atoms with Crippen LogP contribution in [-0.2, 0) is 9.59 Å². The Labute approximate surface area is 179 Å². The van der Waals surface area contributed by atoms with E-state index >= 15 is 0 Å². The molecule has 162 valence electrons. The van der Waals surface area contributed by atoms with E-state index in [9.17, 15) is 9.59 Å². The number of fused-ring (bicyclic) bond motifs is 5. The molecule has 1 aromatic rings. The Balaban J connectivity index is 1.34. The zero-order valence-electron chi connectivity index (χ0n) is 18.2. The zero-order chi connectivity index (χ0) is 21.1. The highest BCUT2D eigenvalue weighted by molar-refractivity contribution is 5.93. The van der Waals surface area contributed by atoms with E-state index in [4.69, 9.17) is 5.73 Å². The van der Waals surface area contributed by atoms with Gasteiger partial charge in [0.1, 0.15) is 0 Å². The van der Waals surface area contributed by atoms with Crippen molar-refractivity contribution in [1.82, 2.24) is 5.32 Å². The van der Waals surface area contributed by atoms with Crippen molar-refractivity contribution in [2.45, 2.75) is 71.3 Å². The second kappa shape index (κ2) is 7.00. The molecule has 0 radical (unpaired) electrons. The number of anilines is 2. The van der Waals surface area contributed by atoms with Crippen LogP contribution in [-0.4, -0.2) is 17.9 Å². The molecule has 1 heterocycles. The molecule has 3 aliphatic carbocycles. The van der Waals surface area contributed by atoms with Gasteiger partial charge in [0.2, 0.25) is 11.8 Å². The number of nitrogens with one attached hydrogen (secondary N) is 2. The van der Waals surface area contributed by atoms with Crippen LogP contribution < -0.4 is 16.4 Å². The molecule has 5 heteroatoms. The van der Waals surface area contributed by atoms with Crippen molar-refractivity contribution < 1.29 is 9.59 Å². The number of piperidine rings is 1. The van der Waals surface area contributed by atoms with Gasteiger partial charge in [0.05, 0.1) is 0 Å². The summed E-state index contributed by atoms with van der Waals surface area (Å²) in [6, 6.07) is 7.79. The standard InChI is InChI=1S/C25H35N3O2/c1-24-13-11-19-17(7-10-21-25(19,2)14-12-22(29)28-21)18(24)8-9-20(24)23(30)27-16-5-3-15(26)4-6-16/h3-6,17-21H,7-14,26H2,1-2H3,(H,27,30)(H,28,29)/t17-,18-,19-,20+,21+,24-,25+/m0/s1. The molecule has 1 saturated heterocycles. The summed E-state index contributed by atoms with van der Waals surface area (Å²) in [7, 11) is 0. The molecule has 5 nitrogen and oxygen atoms in total. The first-order valence-electron chi connectivity index (χ1n) is 11.8. The number of rotatable bonds is 2. The molecule has 4 fully saturated rings.